The molecule has 0 aliphatic rings. The molecule has 3 N–H and O–H groups in total. The van der Waals surface area contributed by atoms with Crippen LogP contribution in [0.3, 0.4) is 0 Å². The van der Waals surface area contributed by atoms with Crippen LogP contribution < -0.4 is 16.4 Å². The summed E-state index contributed by atoms with van der Waals surface area (Å²) in [5.74, 6) is -0.151. The highest BCUT2D eigenvalue weighted by molar-refractivity contribution is 5.93. The second-order valence-corrected chi connectivity index (χ2v) is 2.48. The molecule has 0 saturated carbocycles. The summed E-state index contributed by atoms with van der Waals surface area (Å²) in [5, 5.41) is 0. The van der Waals surface area contributed by atoms with Crippen LogP contribution in [0.15, 0.2) is 30.3 Å². The van der Waals surface area contributed by atoms with E-state index in [0.717, 1.165) is 6.54 Å². The summed E-state index contributed by atoms with van der Waals surface area (Å²) in [4.78, 5) is 11.3. The second kappa shape index (κ2) is 5.29. The van der Waals surface area contributed by atoms with Gasteiger partial charge in [0.2, 0.25) is 0 Å². The van der Waals surface area contributed by atoms with E-state index >= 15 is 0 Å². The zero-order chi connectivity index (χ0) is 9.52. The van der Waals surface area contributed by atoms with Crippen LogP contribution in [-0.4, -0.2) is 12.5 Å². The molecule has 0 saturated heterocycles. The summed E-state index contributed by atoms with van der Waals surface area (Å²) >= 11 is 0. The van der Waals surface area contributed by atoms with Gasteiger partial charge in [-0.15, -0.1) is 0 Å². The van der Waals surface area contributed by atoms with Crippen LogP contribution in [-0.2, 0) is 0 Å². The highest BCUT2D eigenvalue weighted by Crippen LogP contribution is 1.96. The van der Waals surface area contributed by atoms with Crippen molar-refractivity contribution in [3.05, 3.63) is 35.9 Å². The van der Waals surface area contributed by atoms with E-state index in [0.29, 0.717) is 5.56 Å². The summed E-state index contributed by atoms with van der Waals surface area (Å²) in [6.07, 6.45) is 0. The van der Waals surface area contributed by atoms with Gasteiger partial charge in [-0.2, -0.15) is 5.53 Å². The van der Waals surface area contributed by atoms with Crippen molar-refractivity contribution in [1.82, 2.24) is 16.4 Å². The first kappa shape index (κ1) is 9.70. The Morgan fingerprint density at radius 3 is 2.62 bits per heavy atom. The molecule has 0 aliphatic carbocycles. The molecule has 0 aliphatic heterocycles. The summed E-state index contributed by atoms with van der Waals surface area (Å²) in [5.41, 5.74) is 8.48. The molecular formula is C9H13N3O. The fourth-order valence-electron chi connectivity index (χ4n) is 0.851. The topological polar surface area (TPSA) is 53.2 Å². The highest BCUT2D eigenvalue weighted by Gasteiger charge is 2.01. The molecule has 0 atom stereocenters. The third-order valence-electron chi connectivity index (χ3n) is 1.48. The van der Waals surface area contributed by atoms with Crippen LogP contribution in [0, 0.1) is 0 Å². The quantitative estimate of drug-likeness (QED) is 0.464. The van der Waals surface area contributed by atoms with Crippen molar-refractivity contribution in [1.29, 1.82) is 0 Å². The molecule has 0 aromatic heterocycles. The van der Waals surface area contributed by atoms with Crippen molar-refractivity contribution < 1.29 is 4.79 Å². The zero-order valence-corrected chi connectivity index (χ0v) is 7.50. The predicted octanol–water partition coefficient (Wildman–Crippen LogP) is 0.445. The van der Waals surface area contributed by atoms with Crippen LogP contribution in [0.4, 0.5) is 0 Å². The third-order valence-corrected chi connectivity index (χ3v) is 1.48. The Morgan fingerprint density at radius 1 is 1.31 bits per heavy atom. The van der Waals surface area contributed by atoms with E-state index < -0.39 is 0 Å². The molecule has 0 bridgehead atoms. The summed E-state index contributed by atoms with van der Waals surface area (Å²) in [6, 6.07) is 9.02. The number of nitrogens with one attached hydrogen (secondary N) is 3. The lowest BCUT2D eigenvalue weighted by Gasteiger charge is -2.06. The minimum absolute atomic E-state index is 0.151. The van der Waals surface area contributed by atoms with Crippen LogP contribution in [0.25, 0.3) is 0 Å². The Morgan fingerprint density at radius 2 is 2.00 bits per heavy atom. The van der Waals surface area contributed by atoms with Gasteiger partial charge in [-0.1, -0.05) is 25.1 Å². The first-order valence-corrected chi connectivity index (χ1v) is 4.18. The number of amides is 1. The van der Waals surface area contributed by atoms with Gasteiger partial charge in [-0.25, -0.2) is 5.43 Å². The average Bonchev–Trinajstić information content (AvgIpc) is 2.19. The van der Waals surface area contributed by atoms with Crippen LogP contribution >= 0.6 is 0 Å². The van der Waals surface area contributed by atoms with Gasteiger partial charge in [0.1, 0.15) is 0 Å². The number of hydrogen-bond donors (Lipinski definition) is 3. The van der Waals surface area contributed by atoms with Crippen molar-refractivity contribution >= 4 is 5.91 Å². The Labute approximate surface area is 77.3 Å². The minimum atomic E-state index is -0.151. The molecule has 1 rings (SSSR count). The van der Waals surface area contributed by atoms with E-state index in [-0.39, 0.29) is 5.91 Å². The summed E-state index contributed by atoms with van der Waals surface area (Å²) in [7, 11) is 0. The smallest absolute Gasteiger partial charge is 0.266 e. The number of benzene rings is 1. The molecular weight excluding hydrogens is 166 g/mol. The molecule has 0 fully saturated rings. The van der Waals surface area contributed by atoms with E-state index in [2.05, 4.69) is 16.4 Å². The minimum Gasteiger partial charge on any atom is -0.274 e. The maximum absolute atomic E-state index is 11.3. The molecule has 1 aromatic rings. The number of hydrazine groups is 2. The lowest BCUT2D eigenvalue weighted by atomic mass is 10.2. The van der Waals surface area contributed by atoms with Gasteiger partial charge in [-0.3, -0.25) is 10.2 Å². The van der Waals surface area contributed by atoms with E-state index in [9.17, 15) is 4.79 Å². The maximum Gasteiger partial charge on any atom is 0.266 e. The van der Waals surface area contributed by atoms with Gasteiger partial charge < -0.3 is 0 Å². The monoisotopic (exact) mass is 179 g/mol. The molecule has 1 amide bonds. The normalized spacial score (nSPS) is 9.62. The number of rotatable bonds is 4. The Kier molecular flexibility index (Phi) is 3.95. The fourth-order valence-corrected chi connectivity index (χ4v) is 0.851. The predicted molar refractivity (Wildman–Crippen MR) is 50.7 cm³/mol. The number of carbonyl (C=O) groups excluding carboxylic acids is 1. The molecule has 0 radical (unpaired) electrons. The SMILES string of the molecule is CCNNNC(=O)c1ccccc1. The van der Waals surface area contributed by atoms with Gasteiger partial charge >= 0.3 is 0 Å². The van der Waals surface area contributed by atoms with E-state index in [1.165, 1.54) is 0 Å². The van der Waals surface area contributed by atoms with E-state index in [1.807, 2.05) is 25.1 Å². The van der Waals surface area contributed by atoms with E-state index in [4.69, 9.17) is 0 Å². The van der Waals surface area contributed by atoms with Crippen molar-refractivity contribution in [3.8, 4) is 0 Å². The van der Waals surface area contributed by atoms with Crippen molar-refractivity contribution in [2.24, 2.45) is 0 Å². The number of hydrogen-bond acceptors (Lipinski definition) is 3. The van der Waals surface area contributed by atoms with Gasteiger partial charge in [0, 0.05) is 12.1 Å². The van der Waals surface area contributed by atoms with Gasteiger partial charge in [0.05, 0.1) is 0 Å². The summed E-state index contributed by atoms with van der Waals surface area (Å²) < 4.78 is 0. The molecule has 0 unspecified atom stereocenters. The van der Waals surface area contributed by atoms with Crippen molar-refractivity contribution in [2.45, 2.75) is 6.92 Å². The number of carbonyl (C=O) groups is 1. The van der Waals surface area contributed by atoms with Crippen molar-refractivity contribution in [3.63, 3.8) is 0 Å². The molecule has 0 spiro atoms. The second-order valence-electron chi connectivity index (χ2n) is 2.48. The fraction of sp³-hybridized carbons (Fsp3) is 0.222. The van der Waals surface area contributed by atoms with Crippen LogP contribution in [0.2, 0.25) is 0 Å². The Bertz CT molecular complexity index is 261. The average molecular weight is 179 g/mol. The first-order chi connectivity index (χ1) is 6.34. The largest absolute Gasteiger partial charge is 0.274 e. The summed E-state index contributed by atoms with van der Waals surface area (Å²) in [6.45, 7) is 2.68. The van der Waals surface area contributed by atoms with E-state index in [1.54, 1.807) is 12.1 Å². The molecule has 4 nitrogen and oxygen atoms in total. The third kappa shape index (κ3) is 3.23. The van der Waals surface area contributed by atoms with Crippen LogP contribution in [0.1, 0.15) is 17.3 Å². The van der Waals surface area contributed by atoms with Gasteiger partial charge in [0.15, 0.2) is 0 Å². The standard InChI is InChI=1S/C9H13N3O/c1-2-10-12-11-9(13)8-6-4-3-5-7-8/h3-7,10,12H,2H2,1H3,(H,11,13). The Hall–Kier alpha value is -1.39. The molecule has 13 heavy (non-hydrogen) atoms. The van der Waals surface area contributed by atoms with Gasteiger partial charge in [0.25, 0.3) is 5.91 Å². The molecule has 4 heteroatoms. The first-order valence-electron chi connectivity index (χ1n) is 4.18. The molecule has 70 valence electrons. The van der Waals surface area contributed by atoms with Gasteiger partial charge in [-0.05, 0) is 12.1 Å². The van der Waals surface area contributed by atoms with Crippen LogP contribution in [0.5, 0.6) is 0 Å². The molecule has 0 heterocycles. The highest BCUT2D eigenvalue weighted by atomic mass is 16.2. The lowest BCUT2D eigenvalue weighted by Crippen LogP contribution is -2.46. The molecule has 1 aromatic carbocycles. The maximum atomic E-state index is 11.3. The zero-order valence-electron chi connectivity index (χ0n) is 7.50. The Balaban J connectivity index is 2.40. The lowest BCUT2D eigenvalue weighted by molar-refractivity contribution is 0.0924. The van der Waals surface area contributed by atoms with Crippen molar-refractivity contribution in [2.75, 3.05) is 6.54 Å².